The van der Waals surface area contributed by atoms with Gasteiger partial charge in [-0.15, -0.1) is 0 Å². The zero-order valence-electron chi connectivity index (χ0n) is 22.0. The molecule has 7 N–H and O–H groups in total. The Kier molecular flexibility index (Phi) is 7.39. The van der Waals surface area contributed by atoms with Gasteiger partial charge in [0, 0.05) is 0 Å². The molecule has 3 fully saturated rings. The van der Waals surface area contributed by atoms with Crippen LogP contribution >= 0.6 is 14.5 Å². The number of aromatic nitrogens is 8. The largest absolute Gasteiger partial charge is 0.472 e. The number of alkyl halides is 1. The van der Waals surface area contributed by atoms with Gasteiger partial charge in [-0.3, -0.25) is 22.7 Å². The van der Waals surface area contributed by atoms with Crippen LogP contribution < -0.4 is 11.5 Å². The van der Waals surface area contributed by atoms with Gasteiger partial charge < -0.3 is 40.4 Å². The molecule has 0 spiro atoms. The van der Waals surface area contributed by atoms with Crippen LogP contribution in [0.2, 0.25) is 0 Å². The van der Waals surface area contributed by atoms with Gasteiger partial charge in [0.15, 0.2) is 41.6 Å². The first-order valence-corrected chi connectivity index (χ1v) is 16.8. The van der Waals surface area contributed by atoms with Gasteiger partial charge in [-0.2, -0.15) is 0 Å². The van der Waals surface area contributed by atoms with Crippen LogP contribution in [0.3, 0.4) is 0 Å². The van der Waals surface area contributed by atoms with Gasteiger partial charge in [0.25, 0.3) is 0 Å². The third-order valence-electron chi connectivity index (χ3n) is 7.21. The van der Waals surface area contributed by atoms with Crippen LogP contribution in [0, 0.1) is 0 Å². The number of hydrogen-bond donors (Lipinski definition) is 5. The van der Waals surface area contributed by atoms with Gasteiger partial charge >= 0.3 is 14.5 Å². The molecule has 20 nitrogen and oxygen atoms in total. The Morgan fingerprint density at radius 3 is 2.02 bits per heavy atom. The van der Waals surface area contributed by atoms with Crippen molar-refractivity contribution < 1.29 is 51.4 Å². The predicted octanol–water partition coefficient (Wildman–Crippen LogP) is -0.541. The maximum Gasteiger partial charge on any atom is 0.472 e. The van der Waals surface area contributed by atoms with E-state index in [2.05, 4.69) is 29.9 Å². The lowest BCUT2D eigenvalue weighted by Gasteiger charge is -2.29. The maximum atomic E-state index is 15.9. The fourth-order valence-corrected chi connectivity index (χ4v) is 7.61. The zero-order valence-corrected chi connectivity index (χ0v) is 24.6. The fraction of sp³-hybridized carbons (Fsp3) is 0.500. The molecule has 24 heteroatoms. The van der Waals surface area contributed by atoms with Crippen LogP contribution in [0.25, 0.3) is 22.3 Å². The van der Waals surface area contributed by atoms with Crippen molar-refractivity contribution in [3.8, 4) is 0 Å². The van der Waals surface area contributed by atoms with Crippen LogP contribution in [0.1, 0.15) is 12.5 Å². The van der Waals surface area contributed by atoms with Crippen molar-refractivity contribution in [2.45, 2.75) is 49.1 Å². The number of imidazole rings is 2. The van der Waals surface area contributed by atoms with E-state index in [-0.39, 0.29) is 34.0 Å². The molecule has 236 valence electrons. The summed E-state index contributed by atoms with van der Waals surface area (Å²) in [7, 11) is -5.03. The summed E-state index contributed by atoms with van der Waals surface area (Å²) in [5.74, 6) is 0.111. The van der Waals surface area contributed by atoms with Crippen molar-refractivity contribution in [2.75, 3.05) is 24.7 Å². The Bertz CT molecular complexity index is 1700. The molecule has 0 amide bonds. The third kappa shape index (κ3) is 5.15. The SMILES string of the molecule is Nc1ncnc2c1ncn2[C@@H]1O[C@@H]2COP(=O)(O)O[C@H]3[C@@H](F)[C@H](n4cnc5c(N)ncnc54)O[C@@H]3COP(O)(=S)O[C@H]2[C@H]1O. The van der Waals surface area contributed by atoms with E-state index in [1.165, 1.54) is 28.1 Å². The van der Waals surface area contributed by atoms with Crippen molar-refractivity contribution in [1.29, 1.82) is 0 Å². The first-order chi connectivity index (χ1) is 20.9. The number of hydrogen-bond acceptors (Lipinski definition) is 17. The number of aliphatic hydroxyl groups is 1. The Morgan fingerprint density at radius 2 is 1.39 bits per heavy atom. The highest BCUT2D eigenvalue weighted by atomic mass is 32.5. The number of anilines is 2. The highest BCUT2D eigenvalue weighted by Gasteiger charge is 2.54. The van der Waals surface area contributed by atoms with Crippen LogP contribution in [0.15, 0.2) is 25.3 Å². The Morgan fingerprint density at radius 1 is 0.841 bits per heavy atom. The van der Waals surface area contributed by atoms with E-state index >= 15 is 4.39 Å². The zero-order chi connectivity index (χ0) is 31.0. The molecule has 44 heavy (non-hydrogen) atoms. The average molecular weight is 676 g/mol. The molecular weight excluding hydrogens is 653 g/mol. The molecule has 4 aromatic heterocycles. The number of fused-ring (bicyclic) bond motifs is 4. The minimum absolute atomic E-state index is 0.0374. The summed E-state index contributed by atoms with van der Waals surface area (Å²) in [5, 5.41) is 11.2. The Balaban J connectivity index is 1.17. The highest BCUT2D eigenvalue weighted by molar-refractivity contribution is 8.07. The second-order valence-corrected chi connectivity index (χ2v) is 14.1. The molecule has 3 aliphatic heterocycles. The van der Waals surface area contributed by atoms with Gasteiger partial charge in [-0.25, -0.2) is 38.9 Å². The summed E-state index contributed by atoms with van der Waals surface area (Å²) in [6.45, 7) is -5.59. The average Bonchev–Trinajstić information content (AvgIpc) is 3.73. The summed E-state index contributed by atoms with van der Waals surface area (Å²) >= 11 is 5.17. The molecule has 0 bridgehead atoms. The molecule has 3 saturated heterocycles. The van der Waals surface area contributed by atoms with Gasteiger partial charge in [0.2, 0.25) is 0 Å². The van der Waals surface area contributed by atoms with E-state index in [0.29, 0.717) is 0 Å². The summed E-state index contributed by atoms with van der Waals surface area (Å²) in [4.78, 5) is 45.6. The van der Waals surface area contributed by atoms with E-state index < -0.39 is 76.9 Å². The lowest BCUT2D eigenvalue weighted by Crippen LogP contribution is -2.38. The van der Waals surface area contributed by atoms with Crippen molar-refractivity contribution in [3.05, 3.63) is 25.3 Å². The minimum atomic E-state index is -5.03. The number of phosphoric ester groups is 1. The van der Waals surface area contributed by atoms with Crippen molar-refractivity contribution in [2.24, 2.45) is 0 Å². The molecule has 10 atom stereocenters. The van der Waals surface area contributed by atoms with Gasteiger partial charge in [-0.05, 0) is 11.8 Å². The molecule has 0 aromatic carbocycles. The smallest absolute Gasteiger partial charge is 0.386 e. The lowest BCUT2D eigenvalue weighted by atomic mass is 10.1. The fourth-order valence-electron chi connectivity index (χ4n) is 5.21. The van der Waals surface area contributed by atoms with E-state index in [4.69, 9.17) is 50.8 Å². The van der Waals surface area contributed by atoms with Crippen LogP contribution in [0.5, 0.6) is 0 Å². The monoisotopic (exact) mass is 676 g/mol. The van der Waals surface area contributed by atoms with Crippen LogP contribution in [0.4, 0.5) is 16.0 Å². The lowest BCUT2D eigenvalue weighted by molar-refractivity contribution is -0.0629. The molecule has 4 aromatic rings. The summed E-state index contributed by atoms with van der Waals surface area (Å²) in [5.41, 5.74) is 12.4. The number of nitrogens with zero attached hydrogens (tertiary/aromatic N) is 8. The summed E-state index contributed by atoms with van der Waals surface area (Å²) in [6, 6.07) is 0. The number of nitrogens with two attached hydrogens (primary N) is 2. The molecular formula is C20H23FN10O10P2S. The first-order valence-electron chi connectivity index (χ1n) is 12.7. The third-order valence-corrected chi connectivity index (χ3v) is 9.76. The number of nitrogen functional groups attached to an aromatic ring is 2. The molecule has 0 radical (unpaired) electrons. The summed E-state index contributed by atoms with van der Waals surface area (Å²) < 4.78 is 64.6. The van der Waals surface area contributed by atoms with Gasteiger partial charge in [0.1, 0.15) is 54.2 Å². The van der Waals surface area contributed by atoms with Crippen molar-refractivity contribution >= 4 is 60.3 Å². The van der Waals surface area contributed by atoms with Crippen molar-refractivity contribution in [1.82, 2.24) is 39.0 Å². The maximum absolute atomic E-state index is 15.9. The van der Waals surface area contributed by atoms with E-state index in [0.717, 1.165) is 6.33 Å². The van der Waals surface area contributed by atoms with Crippen LogP contribution in [-0.4, -0.2) is 104 Å². The standard InChI is InChI=1S/C20H23FN10O10P2S/c21-9-13-7(38-19(9)30-5-28-10-15(22)24-3-26-17(10)30)2-37-43(35,44)41-14-8(1-36-42(33,34)40-13)39-20(12(14)32)31-6-29-11-16(23)25-4-27-18(11)31/h3-9,12-14,19-20,32H,1-2H2,(H,33,34)(H,35,44)(H2,22,24,26)(H2,23,25,27)/t7-,8-,9-,12-,13-,14-,19-,20-,43?/m1/s1. The molecule has 7 heterocycles. The Labute approximate surface area is 249 Å². The number of ether oxygens (including phenoxy) is 2. The Hall–Kier alpha value is -2.85. The first kappa shape index (κ1) is 29.8. The van der Waals surface area contributed by atoms with Crippen molar-refractivity contribution in [3.63, 3.8) is 0 Å². The second-order valence-electron chi connectivity index (χ2n) is 9.90. The topological polar surface area (TPSA) is 272 Å². The van der Waals surface area contributed by atoms with Gasteiger partial charge in [-0.1, -0.05) is 0 Å². The molecule has 0 saturated carbocycles. The number of halogens is 1. The molecule has 7 rings (SSSR count). The number of rotatable bonds is 2. The normalized spacial score (nSPS) is 38.3. The minimum Gasteiger partial charge on any atom is -0.386 e. The predicted molar refractivity (Wildman–Crippen MR) is 146 cm³/mol. The van der Waals surface area contributed by atoms with Crippen LogP contribution in [-0.2, 0) is 43.9 Å². The van der Waals surface area contributed by atoms with Gasteiger partial charge in [0.05, 0.1) is 25.9 Å². The van der Waals surface area contributed by atoms with E-state index in [9.17, 15) is 19.5 Å². The molecule has 3 aliphatic rings. The summed E-state index contributed by atoms with van der Waals surface area (Å²) in [6.07, 6.45) is -7.53. The second kappa shape index (κ2) is 10.9. The highest BCUT2D eigenvalue weighted by Crippen LogP contribution is 2.54. The van der Waals surface area contributed by atoms with E-state index in [1.807, 2.05) is 0 Å². The molecule has 2 unspecified atom stereocenters. The molecule has 0 aliphatic carbocycles. The van der Waals surface area contributed by atoms with E-state index in [1.54, 1.807) is 0 Å². The quantitative estimate of drug-likeness (QED) is 0.167. The number of aliphatic hydroxyl groups excluding tert-OH is 1. The number of phosphoric acid groups is 1.